The molecule has 15 heavy (non-hydrogen) atoms. The summed E-state index contributed by atoms with van der Waals surface area (Å²) in [6.07, 6.45) is 4.77. The highest BCUT2D eigenvalue weighted by Crippen LogP contribution is 2.18. The van der Waals surface area contributed by atoms with Crippen LogP contribution in [0.25, 0.3) is 0 Å². The molecule has 1 rings (SSSR count). The smallest absolute Gasteiger partial charge is 0.0270 e. The predicted molar refractivity (Wildman–Crippen MR) is 64.9 cm³/mol. The first-order valence-electron chi connectivity index (χ1n) is 5.62. The van der Waals surface area contributed by atoms with Crippen LogP contribution in [0.4, 0.5) is 0 Å². The van der Waals surface area contributed by atoms with Gasteiger partial charge in [-0.1, -0.05) is 20.8 Å². The highest BCUT2D eigenvalue weighted by atomic mass is 14.9. The van der Waals surface area contributed by atoms with E-state index in [-0.39, 0.29) is 0 Å². The predicted octanol–water partition coefficient (Wildman–Crippen LogP) is 2.65. The van der Waals surface area contributed by atoms with Gasteiger partial charge in [0.1, 0.15) is 0 Å². The Balaban J connectivity index is 2.28. The van der Waals surface area contributed by atoms with E-state index in [2.05, 4.69) is 50.1 Å². The molecule has 0 bridgehead atoms. The van der Waals surface area contributed by atoms with Gasteiger partial charge in [-0.25, -0.2) is 0 Å². The molecule has 1 N–H and O–H groups in total. The summed E-state index contributed by atoms with van der Waals surface area (Å²) < 4.78 is 0. The van der Waals surface area contributed by atoms with Crippen molar-refractivity contribution in [1.82, 2.24) is 10.3 Å². The van der Waals surface area contributed by atoms with Gasteiger partial charge in [0, 0.05) is 18.4 Å². The number of aromatic nitrogens is 1. The molecule has 1 unspecified atom stereocenters. The van der Waals surface area contributed by atoms with Crippen LogP contribution < -0.4 is 5.32 Å². The number of nitrogens with zero attached hydrogens (tertiary/aromatic N) is 1. The van der Waals surface area contributed by atoms with Crippen molar-refractivity contribution in [3.63, 3.8) is 0 Å². The van der Waals surface area contributed by atoms with Gasteiger partial charge in [0.05, 0.1) is 0 Å². The molecule has 0 aromatic carbocycles. The van der Waals surface area contributed by atoms with E-state index in [1.165, 1.54) is 5.56 Å². The molecule has 84 valence electrons. The summed E-state index contributed by atoms with van der Waals surface area (Å²) in [5.74, 6) is 0. The highest BCUT2D eigenvalue weighted by Gasteiger charge is 2.18. The second kappa shape index (κ2) is 5.26. The number of nitrogens with one attached hydrogen (secondary N) is 1. The molecule has 1 aromatic rings. The van der Waals surface area contributed by atoms with Crippen molar-refractivity contribution >= 4 is 0 Å². The van der Waals surface area contributed by atoms with Crippen molar-refractivity contribution in [1.29, 1.82) is 0 Å². The summed E-state index contributed by atoms with van der Waals surface area (Å²) in [6.45, 7) is 10.1. The lowest BCUT2D eigenvalue weighted by Gasteiger charge is -2.28. The van der Waals surface area contributed by atoms with Gasteiger partial charge in [-0.15, -0.1) is 0 Å². The Morgan fingerprint density at radius 1 is 1.27 bits per heavy atom. The van der Waals surface area contributed by atoms with Crippen molar-refractivity contribution in [2.45, 2.75) is 40.2 Å². The second-order valence-corrected chi connectivity index (χ2v) is 5.15. The van der Waals surface area contributed by atoms with Crippen LogP contribution in [0.5, 0.6) is 0 Å². The average Bonchev–Trinajstić information content (AvgIpc) is 2.18. The molecule has 0 saturated heterocycles. The van der Waals surface area contributed by atoms with Crippen LogP contribution in [0.1, 0.15) is 33.3 Å². The van der Waals surface area contributed by atoms with E-state index in [9.17, 15) is 0 Å². The minimum atomic E-state index is 0.332. The van der Waals surface area contributed by atoms with Crippen molar-refractivity contribution in [2.75, 3.05) is 6.54 Å². The molecule has 0 aliphatic rings. The zero-order chi connectivity index (χ0) is 11.3. The lowest BCUT2D eigenvalue weighted by Crippen LogP contribution is -2.38. The minimum Gasteiger partial charge on any atom is -0.313 e. The Labute approximate surface area is 93.1 Å². The first-order valence-corrected chi connectivity index (χ1v) is 5.62. The Bertz CT molecular complexity index is 274. The molecule has 1 aromatic heterocycles. The lowest BCUT2D eigenvalue weighted by atomic mass is 9.88. The third-order valence-corrected chi connectivity index (χ3v) is 2.91. The van der Waals surface area contributed by atoms with Crippen LogP contribution in [0.15, 0.2) is 24.5 Å². The number of rotatable bonds is 4. The molecule has 0 aliphatic carbocycles. The minimum absolute atomic E-state index is 0.332. The Morgan fingerprint density at radius 3 is 2.40 bits per heavy atom. The van der Waals surface area contributed by atoms with E-state index in [0.29, 0.717) is 11.5 Å². The van der Waals surface area contributed by atoms with Crippen LogP contribution in [0.2, 0.25) is 0 Å². The summed E-state index contributed by atoms with van der Waals surface area (Å²) >= 11 is 0. The van der Waals surface area contributed by atoms with Gasteiger partial charge in [-0.2, -0.15) is 0 Å². The molecule has 0 spiro atoms. The molecule has 1 heterocycles. The summed E-state index contributed by atoms with van der Waals surface area (Å²) in [7, 11) is 0. The Hall–Kier alpha value is -0.890. The summed E-state index contributed by atoms with van der Waals surface area (Å²) in [5.41, 5.74) is 1.68. The summed E-state index contributed by atoms with van der Waals surface area (Å²) in [4.78, 5) is 4.01. The van der Waals surface area contributed by atoms with Crippen molar-refractivity contribution in [3.8, 4) is 0 Å². The largest absolute Gasteiger partial charge is 0.313 e. The van der Waals surface area contributed by atoms with Gasteiger partial charge in [-0.3, -0.25) is 4.98 Å². The lowest BCUT2D eigenvalue weighted by molar-refractivity contribution is 0.288. The third kappa shape index (κ3) is 4.43. The number of hydrogen-bond acceptors (Lipinski definition) is 2. The van der Waals surface area contributed by atoms with Crippen LogP contribution >= 0.6 is 0 Å². The molecule has 0 saturated carbocycles. The van der Waals surface area contributed by atoms with E-state index in [0.717, 1.165) is 13.0 Å². The van der Waals surface area contributed by atoms with Gasteiger partial charge in [-0.05, 0) is 43.0 Å². The van der Waals surface area contributed by atoms with Crippen LogP contribution in [-0.4, -0.2) is 17.6 Å². The summed E-state index contributed by atoms with van der Waals surface area (Å²) in [6, 6.07) is 4.69. The van der Waals surface area contributed by atoms with E-state index in [1.807, 2.05) is 12.4 Å². The third-order valence-electron chi connectivity index (χ3n) is 2.91. The van der Waals surface area contributed by atoms with Gasteiger partial charge >= 0.3 is 0 Å². The highest BCUT2D eigenvalue weighted by molar-refractivity contribution is 5.09. The monoisotopic (exact) mass is 206 g/mol. The zero-order valence-electron chi connectivity index (χ0n) is 10.2. The maximum Gasteiger partial charge on any atom is 0.0270 e. The van der Waals surface area contributed by atoms with Gasteiger partial charge < -0.3 is 5.32 Å². The van der Waals surface area contributed by atoms with E-state index >= 15 is 0 Å². The fourth-order valence-electron chi connectivity index (χ4n) is 1.29. The van der Waals surface area contributed by atoms with Gasteiger partial charge in [0.15, 0.2) is 0 Å². The molecule has 0 fully saturated rings. The quantitative estimate of drug-likeness (QED) is 0.819. The Kier molecular flexibility index (Phi) is 4.28. The number of pyridine rings is 1. The molecule has 2 heteroatoms. The first-order chi connectivity index (χ1) is 7.00. The van der Waals surface area contributed by atoms with E-state index in [1.54, 1.807) is 0 Å². The molecular formula is C13H22N2. The van der Waals surface area contributed by atoms with Gasteiger partial charge in [0.25, 0.3) is 0 Å². The number of hydrogen-bond donors (Lipinski definition) is 1. The fraction of sp³-hybridized carbons (Fsp3) is 0.615. The zero-order valence-corrected chi connectivity index (χ0v) is 10.2. The Morgan fingerprint density at radius 2 is 1.87 bits per heavy atom. The topological polar surface area (TPSA) is 24.9 Å². The van der Waals surface area contributed by atoms with E-state index in [4.69, 9.17) is 0 Å². The molecule has 0 amide bonds. The van der Waals surface area contributed by atoms with Crippen molar-refractivity contribution in [2.24, 2.45) is 5.41 Å². The molecular weight excluding hydrogens is 184 g/mol. The van der Waals surface area contributed by atoms with Crippen LogP contribution in [0, 0.1) is 5.41 Å². The standard InChI is InChI=1S/C13H22N2/c1-11(13(2,3)4)15-10-7-12-5-8-14-9-6-12/h5-6,8-9,11,15H,7,10H2,1-4H3. The maximum atomic E-state index is 4.01. The average molecular weight is 206 g/mol. The first kappa shape index (κ1) is 12.2. The SMILES string of the molecule is CC(NCCc1ccncc1)C(C)(C)C. The fourth-order valence-corrected chi connectivity index (χ4v) is 1.29. The molecule has 0 aliphatic heterocycles. The van der Waals surface area contributed by atoms with E-state index < -0.39 is 0 Å². The van der Waals surface area contributed by atoms with Crippen molar-refractivity contribution < 1.29 is 0 Å². The summed E-state index contributed by atoms with van der Waals surface area (Å²) in [5, 5.41) is 3.55. The molecule has 0 radical (unpaired) electrons. The van der Waals surface area contributed by atoms with Crippen molar-refractivity contribution in [3.05, 3.63) is 30.1 Å². The maximum absolute atomic E-state index is 4.01. The normalized spacial score (nSPS) is 13.9. The molecule has 1 atom stereocenters. The van der Waals surface area contributed by atoms with Gasteiger partial charge in [0.2, 0.25) is 0 Å². The van der Waals surface area contributed by atoms with Crippen LogP contribution in [0.3, 0.4) is 0 Å². The van der Waals surface area contributed by atoms with Crippen LogP contribution in [-0.2, 0) is 6.42 Å². The molecule has 2 nitrogen and oxygen atoms in total. The second-order valence-electron chi connectivity index (χ2n) is 5.15.